The van der Waals surface area contributed by atoms with E-state index in [1.807, 2.05) is 0 Å². The van der Waals surface area contributed by atoms with Crippen LogP contribution < -0.4 is 10.6 Å². The van der Waals surface area contributed by atoms with Crippen LogP contribution in [0, 0.1) is 10.1 Å². The first-order chi connectivity index (χ1) is 8.66. The van der Waals surface area contributed by atoms with Gasteiger partial charge in [-0.05, 0) is 35.3 Å². The maximum absolute atomic E-state index is 10.6. The van der Waals surface area contributed by atoms with Crippen LogP contribution in [0.3, 0.4) is 0 Å². The van der Waals surface area contributed by atoms with Crippen molar-refractivity contribution in [2.45, 2.75) is 25.3 Å². The third kappa shape index (κ3) is 3.39. The van der Waals surface area contributed by atoms with Crippen molar-refractivity contribution in [3.05, 3.63) is 26.9 Å². The number of hydrogen-bond acceptors (Lipinski definition) is 5. The monoisotopic (exact) mass is 314 g/mol. The maximum Gasteiger partial charge on any atom is 0.288 e. The highest BCUT2D eigenvalue weighted by molar-refractivity contribution is 9.10. The van der Waals surface area contributed by atoms with E-state index in [4.69, 9.17) is 0 Å². The van der Waals surface area contributed by atoms with Crippen molar-refractivity contribution >= 4 is 27.4 Å². The molecule has 2 rings (SSSR count). The molecule has 18 heavy (non-hydrogen) atoms. The van der Waals surface area contributed by atoms with Gasteiger partial charge in [-0.25, -0.2) is 4.98 Å². The Kier molecular flexibility index (Phi) is 4.48. The number of nitro groups is 1. The number of nitrogens with zero attached hydrogens (tertiary/aromatic N) is 2. The number of aromatic nitrogens is 1. The molecule has 1 aliphatic heterocycles. The van der Waals surface area contributed by atoms with Gasteiger partial charge in [0, 0.05) is 18.7 Å². The van der Waals surface area contributed by atoms with E-state index in [-0.39, 0.29) is 5.69 Å². The van der Waals surface area contributed by atoms with Gasteiger partial charge in [0.25, 0.3) is 5.69 Å². The molecule has 7 heteroatoms. The van der Waals surface area contributed by atoms with Crippen LogP contribution >= 0.6 is 15.9 Å². The van der Waals surface area contributed by atoms with E-state index < -0.39 is 4.92 Å². The highest BCUT2D eigenvalue weighted by atomic mass is 79.9. The van der Waals surface area contributed by atoms with Crippen molar-refractivity contribution in [1.29, 1.82) is 0 Å². The van der Waals surface area contributed by atoms with Crippen molar-refractivity contribution in [1.82, 2.24) is 10.3 Å². The molecule has 1 unspecified atom stereocenters. The molecule has 0 bridgehead atoms. The lowest BCUT2D eigenvalue weighted by Crippen LogP contribution is -2.39. The predicted octanol–water partition coefficient (Wildman–Crippen LogP) is 2.31. The lowest BCUT2D eigenvalue weighted by Gasteiger charge is -2.23. The number of piperidine rings is 1. The molecule has 6 nitrogen and oxygen atoms in total. The third-order valence-electron chi connectivity index (χ3n) is 2.97. The molecule has 2 heterocycles. The standard InChI is InChI=1S/C11H15BrN4O2/c12-10-5-9(16(17)18)7-15-11(10)14-6-8-3-1-2-4-13-8/h5,7-8,13H,1-4,6H2,(H,14,15). The van der Waals surface area contributed by atoms with E-state index in [1.54, 1.807) is 0 Å². The smallest absolute Gasteiger partial charge is 0.288 e. The van der Waals surface area contributed by atoms with Crippen LogP contribution in [0.4, 0.5) is 11.5 Å². The SMILES string of the molecule is O=[N+]([O-])c1cnc(NCC2CCCCN2)c(Br)c1. The largest absolute Gasteiger partial charge is 0.368 e. The summed E-state index contributed by atoms with van der Waals surface area (Å²) in [6, 6.07) is 1.91. The van der Waals surface area contributed by atoms with Crippen LogP contribution in [0.25, 0.3) is 0 Å². The second-order valence-corrected chi connectivity index (χ2v) is 5.16. The minimum absolute atomic E-state index is 0.0109. The molecule has 0 amide bonds. The maximum atomic E-state index is 10.6. The number of halogens is 1. The average Bonchev–Trinajstić information content (AvgIpc) is 2.38. The molecular weight excluding hydrogens is 300 g/mol. The second kappa shape index (κ2) is 6.10. The fourth-order valence-corrected chi connectivity index (χ4v) is 2.45. The Balaban J connectivity index is 1.94. The van der Waals surface area contributed by atoms with Gasteiger partial charge in [-0.15, -0.1) is 0 Å². The van der Waals surface area contributed by atoms with Crippen molar-refractivity contribution in [2.75, 3.05) is 18.4 Å². The van der Waals surface area contributed by atoms with Gasteiger partial charge in [0.15, 0.2) is 0 Å². The first kappa shape index (κ1) is 13.2. The summed E-state index contributed by atoms with van der Waals surface area (Å²) in [5, 5.41) is 17.2. The fourth-order valence-electron chi connectivity index (χ4n) is 1.98. The Morgan fingerprint density at radius 2 is 2.44 bits per heavy atom. The van der Waals surface area contributed by atoms with Crippen LogP contribution in [-0.4, -0.2) is 29.0 Å². The van der Waals surface area contributed by atoms with E-state index >= 15 is 0 Å². The van der Waals surface area contributed by atoms with E-state index in [9.17, 15) is 10.1 Å². The van der Waals surface area contributed by atoms with Gasteiger partial charge in [0.05, 0.1) is 9.40 Å². The first-order valence-corrected chi connectivity index (χ1v) is 6.73. The zero-order valence-corrected chi connectivity index (χ0v) is 11.4. The Morgan fingerprint density at radius 3 is 3.06 bits per heavy atom. The number of anilines is 1. The zero-order chi connectivity index (χ0) is 13.0. The molecule has 0 aromatic carbocycles. The highest BCUT2D eigenvalue weighted by Crippen LogP contribution is 2.24. The van der Waals surface area contributed by atoms with Crippen LogP contribution in [0.1, 0.15) is 19.3 Å². The van der Waals surface area contributed by atoms with Gasteiger partial charge in [0.2, 0.25) is 0 Å². The number of nitrogens with one attached hydrogen (secondary N) is 2. The summed E-state index contributed by atoms with van der Waals surface area (Å²) < 4.78 is 0.618. The van der Waals surface area contributed by atoms with Gasteiger partial charge in [0.1, 0.15) is 12.0 Å². The van der Waals surface area contributed by atoms with Crippen molar-refractivity contribution in [2.24, 2.45) is 0 Å². The lowest BCUT2D eigenvalue weighted by molar-refractivity contribution is -0.385. The summed E-state index contributed by atoms with van der Waals surface area (Å²) in [6.45, 7) is 1.84. The normalized spacial score (nSPS) is 19.5. The molecule has 1 fully saturated rings. The molecule has 98 valence electrons. The molecule has 1 atom stereocenters. The minimum atomic E-state index is -0.454. The van der Waals surface area contributed by atoms with E-state index in [1.165, 1.54) is 25.1 Å². The van der Waals surface area contributed by atoms with Crippen molar-refractivity contribution in [3.63, 3.8) is 0 Å². The molecule has 0 aliphatic carbocycles. The molecule has 0 radical (unpaired) electrons. The Morgan fingerprint density at radius 1 is 1.61 bits per heavy atom. The van der Waals surface area contributed by atoms with Gasteiger partial charge in [-0.2, -0.15) is 0 Å². The van der Waals surface area contributed by atoms with Gasteiger partial charge >= 0.3 is 0 Å². The lowest BCUT2D eigenvalue weighted by atomic mass is 10.1. The first-order valence-electron chi connectivity index (χ1n) is 5.94. The van der Waals surface area contributed by atoms with E-state index in [0.29, 0.717) is 16.3 Å². The van der Waals surface area contributed by atoms with Crippen molar-refractivity contribution < 1.29 is 4.92 Å². The Labute approximate surface area is 113 Å². The zero-order valence-electron chi connectivity index (χ0n) is 9.86. The van der Waals surface area contributed by atoms with Crippen LogP contribution in [-0.2, 0) is 0 Å². The summed E-state index contributed by atoms with van der Waals surface area (Å²) in [4.78, 5) is 14.2. The van der Waals surface area contributed by atoms with Gasteiger partial charge in [-0.1, -0.05) is 6.42 Å². The second-order valence-electron chi connectivity index (χ2n) is 4.31. The topological polar surface area (TPSA) is 80.1 Å². The summed E-state index contributed by atoms with van der Waals surface area (Å²) >= 11 is 3.29. The summed E-state index contributed by atoms with van der Waals surface area (Å²) in [5.74, 6) is 0.646. The Hall–Kier alpha value is -1.21. The van der Waals surface area contributed by atoms with E-state index in [2.05, 4.69) is 31.5 Å². The van der Waals surface area contributed by atoms with Crippen LogP contribution in [0.2, 0.25) is 0 Å². The summed E-state index contributed by atoms with van der Waals surface area (Å²) in [6.07, 6.45) is 4.89. The number of hydrogen-bond donors (Lipinski definition) is 2. The third-order valence-corrected chi connectivity index (χ3v) is 3.57. The van der Waals surface area contributed by atoms with E-state index in [0.717, 1.165) is 19.5 Å². The molecule has 2 N–H and O–H groups in total. The van der Waals surface area contributed by atoms with Gasteiger partial charge < -0.3 is 10.6 Å². The fraction of sp³-hybridized carbons (Fsp3) is 0.545. The van der Waals surface area contributed by atoms with Crippen LogP contribution in [0.5, 0.6) is 0 Å². The summed E-state index contributed by atoms with van der Waals surface area (Å²) in [5.41, 5.74) is -0.0109. The van der Waals surface area contributed by atoms with Gasteiger partial charge in [-0.3, -0.25) is 10.1 Å². The van der Waals surface area contributed by atoms with Crippen molar-refractivity contribution in [3.8, 4) is 0 Å². The predicted molar refractivity (Wildman–Crippen MR) is 72.7 cm³/mol. The Bertz CT molecular complexity index is 435. The number of rotatable bonds is 4. The molecule has 1 saturated heterocycles. The molecule has 0 spiro atoms. The molecule has 1 aromatic rings. The number of pyridine rings is 1. The molecule has 1 aliphatic rings. The molecule has 0 saturated carbocycles. The molecular formula is C11H15BrN4O2. The minimum Gasteiger partial charge on any atom is -0.368 e. The molecule has 1 aromatic heterocycles. The van der Waals surface area contributed by atoms with Crippen LogP contribution in [0.15, 0.2) is 16.7 Å². The highest BCUT2D eigenvalue weighted by Gasteiger charge is 2.14. The summed E-state index contributed by atoms with van der Waals surface area (Å²) in [7, 11) is 0. The average molecular weight is 315 g/mol. The quantitative estimate of drug-likeness (QED) is 0.658.